The van der Waals surface area contributed by atoms with Crippen LogP contribution in [0.2, 0.25) is 0 Å². The van der Waals surface area contributed by atoms with E-state index >= 15 is 0 Å². The average Bonchev–Trinajstić information content (AvgIpc) is 3.01. The Bertz CT molecular complexity index is 645. The van der Waals surface area contributed by atoms with Crippen LogP contribution < -0.4 is 5.73 Å². The SMILES string of the molecule is CCCC1CC1n1c(N)nc2cc(C(F)(F)F)ccc21. The Labute approximate surface area is 114 Å². The molecule has 2 unspecified atom stereocenters. The fourth-order valence-corrected chi connectivity index (χ4v) is 2.87. The summed E-state index contributed by atoms with van der Waals surface area (Å²) < 4.78 is 40.0. The number of hydrogen-bond donors (Lipinski definition) is 1. The fourth-order valence-electron chi connectivity index (χ4n) is 2.87. The van der Waals surface area contributed by atoms with Crippen LogP contribution in [0.1, 0.15) is 37.8 Å². The number of nitrogen functional groups attached to an aromatic ring is 1. The van der Waals surface area contributed by atoms with Crippen LogP contribution in [0.25, 0.3) is 11.0 Å². The quantitative estimate of drug-likeness (QED) is 0.925. The number of nitrogens with two attached hydrogens (primary N) is 1. The van der Waals surface area contributed by atoms with Crippen molar-refractivity contribution in [2.45, 2.75) is 38.4 Å². The smallest absolute Gasteiger partial charge is 0.369 e. The minimum Gasteiger partial charge on any atom is -0.369 e. The van der Waals surface area contributed by atoms with Gasteiger partial charge in [-0.25, -0.2) is 4.98 Å². The number of fused-ring (bicyclic) bond motifs is 1. The maximum Gasteiger partial charge on any atom is 0.416 e. The monoisotopic (exact) mass is 283 g/mol. The maximum atomic E-state index is 12.7. The molecule has 0 aliphatic heterocycles. The number of halogens is 3. The first kappa shape index (κ1) is 13.3. The number of nitrogens with zero attached hydrogens (tertiary/aromatic N) is 2. The lowest BCUT2D eigenvalue weighted by molar-refractivity contribution is -0.137. The Morgan fingerprint density at radius 3 is 2.80 bits per heavy atom. The van der Waals surface area contributed by atoms with Crippen molar-refractivity contribution in [2.24, 2.45) is 5.92 Å². The second-order valence-corrected chi connectivity index (χ2v) is 5.39. The molecule has 1 aromatic heterocycles. The highest BCUT2D eigenvalue weighted by molar-refractivity contribution is 5.79. The molecule has 1 aliphatic rings. The van der Waals surface area contributed by atoms with E-state index in [2.05, 4.69) is 11.9 Å². The second-order valence-electron chi connectivity index (χ2n) is 5.39. The van der Waals surface area contributed by atoms with Gasteiger partial charge in [-0.2, -0.15) is 13.2 Å². The summed E-state index contributed by atoms with van der Waals surface area (Å²) in [4.78, 5) is 4.08. The molecule has 0 spiro atoms. The van der Waals surface area contributed by atoms with Crippen LogP contribution in [-0.4, -0.2) is 9.55 Å². The molecule has 0 radical (unpaired) electrons. The molecule has 1 aliphatic carbocycles. The predicted octanol–water partition coefficient (Wildman–Crippen LogP) is 4.00. The zero-order valence-corrected chi connectivity index (χ0v) is 11.1. The van der Waals surface area contributed by atoms with Crippen molar-refractivity contribution in [3.05, 3.63) is 23.8 Å². The molecule has 1 aromatic carbocycles. The van der Waals surface area contributed by atoms with Crippen LogP contribution in [0.5, 0.6) is 0 Å². The molecular weight excluding hydrogens is 267 g/mol. The molecule has 20 heavy (non-hydrogen) atoms. The molecule has 1 saturated carbocycles. The molecule has 2 atom stereocenters. The molecule has 0 bridgehead atoms. The third-order valence-corrected chi connectivity index (χ3v) is 3.92. The lowest BCUT2D eigenvalue weighted by atomic mass is 10.2. The Morgan fingerprint density at radius 2 is 2.15 bits per heavy atom. The zero-order valence-electron chi connectivity index (χ0n) is 11.1. The third kappa shape index (κ3) is 2.13. The Hall–Kier alpha value is -1.72. The Kier molecular flexibility index (Phi) is 2.92. The van der Waals surface area contributed by atoms with Gasteiger partial charge >= 0.3 is 6.18 Å². The summed E-state index contributed by atoms with van der Waals surface area (Å²) in [6.45, 7) is 2.13. The highest BCUT2D eigenvalue weighted by Crippen LogP contribution is 2.49. The Morgan fingerprint density at radius 1 is 1.40 bits per heavy atom. The molecule has 1 heterocycles. The molecule has 0 amide bonds. The number of hydrogen-bond acceptors (Lipinski definition) is 2. The second kappa shape index (κ2) is 4.40. The topological polar surface area (TPSA) is 43.8 Å². The Balaban J connectivity index is 2.01. The van der Waals surface area contributed by atoms with Crippen molar-refractivity contribution in [1.82, 2.24) is 9.55 Å². The van der Waals surface area contributed by atoms with Gasteiger partial charge in [0.25, 0.3) is 0 Å². The van der Waals surface area contributed by atoms with E-state index in [1.165, 1.54) is 6.07 Å². The molecule has 2 N–H and O–H groups in total. The van der Waals surface area contributed by atoms with E-state index in [1.54, 1.807) is 0 Å². The summed E-state index contributed by atoms with van der Waals surface area (Å²) in [5.74, 6) is 0.880. The van der Waals surface area contributed by atoms with Crippen LogP contribution in [0.15, 0.2) is 18.2 Å². The maximum absolute atomic E-state index is 12.7. The van der Waals surface area contributed by atoms with Crippen LogP contribution >= 0.6 is 0 Å². The lowest BCUT2D eigenvalue weighted by Gasteiger charge is -2.08. The van der Waals surface area contributed by atoms with Crippen LogP contribution in [0.3, 0.4) is 0 Å². The standard InChI is InChI=1S/C14H16F3N3/c1-2-3-8-6-12(8)20-11-5-4-9(14(15,16)17)7-10(11)19-13(20)18/h4-5,7-8,12H,2-3,6H2,1H3,(H2,18,19). The van der Waals surface area contributed by atoms with Gasteiger partial charge in [0.15, 0.2) is 0 Å². The minimum absolute atomic E-state index is 0.289. The number of imidazole rings is 1. The molecule has 2 aromatic rings. The predicted molar refractivity (Wildman–Crippen MR) is 71.2 cm³/mol. The lowest BCUT2D eigenvalue weighted by Crippen LogP contribution is -2.05. The van der Waals surface area contributed by atoms with E-state index in [9.17, 15) is 13.2 Å². The summed E-state index contributed by atoms with van der Waals surface area (Å²) in [7, 11) is 0. The van der Waals surface area contributed by atoms with Crippen molar-refractivity contribution in [3.63, 3.8) is 0 Å². The van der Waals surface area contributed by atoms with Crippen molar-refractivity contribution in [2.75, 3.05) is 5.73 Å². The van der Waals surface area contributed by atoms with Gasteiger partial charge in [0, 0.05) is 6.04 Å². The van der Waals surface area contributed by atoms with Crippen molar-refractivity contribution >= 4 is 17.0 Å². The molecular formula is C14H16F3N3. The third-order valence-electron chi connectivity index (χ3n) is 3.92. The molecule has 3 rings (SSSR count). The van der Waals surface area contributed by atoms with E-state index in [4.69, 9.17) is 5.73 Å². The van der Waals surface area contributed by atoms with Gasteiger partial charge in [-0.1, -0.05) is 13.3 Å². The van der Waals surface area contributed by atoms with Crippen LogP contribution in [0, 0.1) is 5.92 Å². The van der Waals surface area contributed by atoms with Crippen LogP contribution in [0.4, 0.5) is 19.1 Å². The number of benzene rings is 1. The van der Waals surface area contributed by atoms with E-state index in [0.717, 1.165) is 31.4 Å². The van der Waals surface area contributed by atoms with Crippen LogP contribution in [-0.2, 0) is 6.18 Å². The van der Waals surface area contributed by atoms with Gasteiger partial charge in [0.2, 0.25) is 5.95 Å². The summed E-state index contributed by atoms with van der Waals surface area (Å²) in [6.07, 6.45) is -1.10. The summed E-state index contributed by atoms with van der Waals surface area (Å²) in [6, 6.07) is 3.93. The average molecular weight is 283 g/mol. The first-order chi connectivity index (χ1) is 9.41. The first-order valence-corrected chi connectivity index (χ1v) is 6.76. The van der Waals surface area contributed by atoms with E-state index in [0.29, 0.717) is 22.9 Å². The number of anilines is 1. The molecule has 3 nitrogen and oxygen atoms in total. The van der Waals surface area contributed by atoms with Gasteiger partial charge in [0.1, 0.15) is 0 Å². The van der Waals surface area contributed by atoms with Gasteiger partial charge in [0.05, 0.1) is 16.6 Å². The largest absolute Gasteiger partial charge is 0.416 e. The highest BCUT2D eigenvalue weighted by Gasteiger charge is 2.40. The van der Waals surface area contributed by atoms with Gasteiger partial charge < -0.3 is 10.3 Å². The zero-order chi connectivity index (χ0) is 14.5. The van der Waals surface area contributed by atoms with Gasteiger partial charge in [-0.3, -0.25) is 0 Å². The van der Waals surface area contributed by atoms with Gasteiger partial charge in [-0.15, -0.1) is 0 Å². The number of aromatic nitrogens is 2. The fraction of sp³-hybridized carbons (Fsp3) is 0.500. The van der Waals surface area contributed by atoms with Crippen molar-refractivity contribution in [3.8, 4) is 0 Å². The first-order valence-electron chi connectivity index (χ1n) is 6.76. The van der Waals surface area contributed by atoms with E-state index in [1.807, 2.05) is 4.57 Å². The highest BCUT2D eigenvalue weighted by atomic mass is 19.4. The molecule has 1 fully saturated rings. The van der Waals surface area contributed by atoms with E-state index < -0.39 is 11.7 Å². The molecule has 108 valence electrons. The summed E-state index contributed by atoms with van der Waals surface area (Å²) >= 11 is 0. The van der Waals surface area contributed by atoms with Crippen molar-refractivity contribution < 1.29 is 13.2 Å². The van der Waals surface area contributed by atoms with Crippen molar-refractivity contribution in [1.29, 1.82) is 0 Å². The molecule has 6 heteroatoms. The number of alkyl halides is 3. The van der Waals surface area contributed by atoms with Gasteiger partial charge in [-0.05, 0) is 37.0 Å². The summed E-state index contributed by atoms with van der Waals surface area (Å²) in [5.41, 5.74) is 6.21. The van der Waals surface area contributed by atoms with E-state index in [-0.39, 0.29) is 6.04 Å². The normalized spacial score (nSPS) is 22.4. The minimum atomic E-state index is -4.35. The molecule has 0 saturated heterocycles. The number of rotatable bonds is 3. The summed E-state index contributed by atoms with van der Waals surface area (Å²) in [5, 5.41) is 0.